The fourth-order valence-electron chi connectivity index (χ4n) is 2.47. The van der Waals surface area contributed by atoms with E-state index in [4.69, 9.17) is 0 Å². The van der Waals surface area contributed by atoms with Gasteiger partial charge in [0.25, 0.3) is 0 Å². The van der Waals surface area contributed by atoms with Crippen molar-refractivity contribution in [2.45, 2.75) is 33.1 Å². The molecule has 0 saturated heterocycles. The maximum atomic E-state index is 11.7. The van der Waals surface area contributed by atoms with Crippen molar-refractivity contribution in [2.24, 2.45) is 11.3 Å². The van der Waals surface area contributed by atoms with Crippen molar-refractivity contribution in [3.05, 3.63) is 35.9 Å². The van der Waals surface area contributed by atoms with Crippen molar-refractivity contribution in [3.8, 4) is 0 Å². The first-order valence-electron chi connectivity index (χ1n) is 5.68. The van der Waals surface area contributed by atoms with Crippen LogP contribution in [0.5, 0.6) is 0 Å². The topological polar surface area (TPSA) is 17.1 Å². The van der Waals surface area contributed by atoms with Gasteiger partial charge in [0, 0.05) is 11.8 Å². The van der Waals surface area contributed by atoms with Crippen LogP contribution in [0.15, 0.2) is 30.3 Å². The van der Waals surface area contributed by atoms with E-state index in [0.717, 1.165) is 19.3 Å². The number of Topliss-reactive ketones (excluding diaryl/α,β-unsaturated/α-hetero) is 1. The van der Waals surface area contributed by atoms with E-state index in [0.29, 0.717) is 11.7 Å². The molecule has 1 heteroatoms. The summed E-state index contributed by atoms with van der Waals surface area (Å²) >= 11 is 0. The Bertz CT molecular complexity index is 351. The highest BCUT2D eigenvalue weighted by atomic mass is 16.1. The zero-order valence-electron chi connectivity index (χ0n) is 9.49. The number of rotatable bonds is 2. The van der Waals surface area contributed by atoms with Gasteiger partial charge >= 0.3 is 0 Å². The molecule has 1 aromatic rings. The third-order valence-corrected chi connectivity index (χ3v) is 3.78. The van der Waals surface area contributed by atoms with E-state index >= 15 is 0 Å². The van der Waals surface area contributed by atoms with E-state index in [9.17, 15) is 4.79 Å². The molecular weight excluding hydrogens is 184 g/mol. The van der Waals surface area contributed by atoms with E-state index in [2.05, 4.69) is 38.1 Å². The summed E-state index contributed by atoms with van der Waals surface area (Å²) in [5.41, 5.74) is 1.24. The molecule has 0 aliphatic heterocycles. The first-order valence-corrected chi connectivity index (χ1v) is 5.68. The van der Waals surface area contributed by atoms with Crippen LogP contribution in [0.25, 0.3) is 0 Å². The van der Waals surface area contributed by atoms with Gasteiger partial charge < -0.3 is 0 Å². The highest BCUT2D eigenvalue weighted by Crippen LogP contribution is 2.41. The number of hydrogen-bond acceptors (Lipinski definition) is 1. The van der Waals surface area contributed by atoms with E-state index in [1.807, 2.05) is 6.07 Å². The van der Waals surface area contributed by atoms with Gasteiger partial charge in [-0.15, -0.1) is 0 Å². The molecule has 1 unspecified atom stereocenters. The molecule has 0 amide bonds. The van der Waals surface area contributed by atoms with Crippen LogP contribution >= 0.6 is 0 Å². The predicted molar refractivity (Wildman–Crippen MR) is 61.7 cm³/mol. The standard InChI is InChI=1S/C14H18O/c1-14(2)12(8-9-13(14)15)10-11-6-4-3-5-7-11/h3-7,12H,8-10H2,1-2H3. The van der Waals surface area contributed by atoms with Gasteiger partial charge in [-0.25, -0.2) is 0 Å². The van der Waals surface area contributed by atoms with Gasteiger partial charge in [0.15, 0.2) is 0 Å². The second kappa shape index (κ2) is 3.80. The molecule has 1 fully saturated rings. The maximum absolute atomic E-state index is 11.7. The van der Waals surface area contributed by atoms with Crippen molar-refractivity contribution in [3.63, 3.8) is 0 Å². The fraction of sp³-hybridized carbons (Fsp3) is 0.500. The quantitative estimate of drug-likeness (QED) is 0.719. The number of ketones is 1. The second-order valence-electron chi connectivity index (χ2n) is 5.07. The lowest BCUT2D eigenvalue weighted by Gasteiger charge is -2.25. The van der Waals surface area contributed by atoms with Crippen molar-refractivity contribution in [1.82, 2.24) is 0 Å². The van der Waals surface area contributed by atoms with E-state index in [-0.39, 0.29) is 5.41 Å². The molecule has 80 valence electrons. The van der Waals surface area contributed by atoms with Crippen LogP contribution in [-0.2, 0) is 11.2 Å². The first-order chi connectivity index (χ1) is 7.10. The zero-order chi connectivity index (χ0) is 10.9. The van der Waals surface area contributed by atoms with E-state index in [1.54, 1.807) is 0 Å². The summed E-state index contributed by atoms with van der Waals surface area (Å²) < 4.78 is 0. The lowest BCUT2D eigenvalue weighted by molar-refractivity contribution is -0.125. The molecule has 0 heterocycles. The number of hydrogen-bond donors (Lipinski definition) is 0. The fourth-order valence-corrected chi connectivity index (χ4v) is 2.47. The van der Waals surface area contributed by atoms with Crippen molar-refractivity contribution in [1.29, 1.82) is 0 Å². The Morgan fingerprint density at radius 1 is 1.27 bits per heavy atom. The SMILES string of the molecule is CC1(C)C(=O)CCC1Cc1ccccc1. The summed E-state index contributed by atoms with van der Waals surface area (Å²) in [5.74, 6) is 0.954. The molecular formula is C14H18O. The van der Waals surface area contributed by atoms with E-state index in [1.165, 1.54) is 5.56 Å². The molecule has 1 nitrogen and oxygen atoms in total. The Balaban J connectivity index is 2.11. The first kappa shape index (κ1) is 10.4. The highest BCUT2D eigenvalue weighted by Gasteiger charge is 2.41. The Morgan fingerprint density at radius 2 is 1.93 bits per heavy atom. The Hall–Kier alpha value is -1.11. The molecule has 0 aromatic heterocycles. The summed E-state index contributed by atoms with van der Waals surface area (Å²) in [6, 6.07) is 10.5. The molecule has 1 aromatic carbocycles. The van der Waals surface area contributed by atoms with Crippen molar-refractivity contribution >= 4 is 5.78 Å². The monoisotopic (exact) mass is 202 g/mol. The van der Waals surface area contributed by atoms with Crippen LogP contribution in [0.3, 0.4) is 0 Å². The van der Waals surface area contributed by atoms with Crippen LogP contribution in [-0.4, -0.2) is 5.78 Å². The number of carbonyl (C=O) groups is 1. The minimum Gasteiger partial charge on any atom is -0.299 e. The minimum absolute atomic E-state index is 0.115. The summed E-state index contributed by atoms with van der Waals surface area (Å²) in [5, 5.41) is 0. The minimum atomic E-state index is -0.115. The lowest BCUT2D eigenvalue weighted by atomic mass is 9.78. The molecule has 0 N–H and O–H groups in total. The molecule has 0 spiro atoms. The van der Waals surface area contributed by atoms with Gasteiger partial charge in [-0.1, -0.05) is 44.2 Å². The van der Waals surface area contributed by atoms with Gasteiger partial charge in [0.1, 0.15) is 5.78 Å². The van der Waals surface area contributed by atoms with E-state index < -0.39 is 0 Å². The molecule has 1 saturated carbocycles. The number of benzene rings is 1. The Kier molecular flexibility index (Phi) is 2.64. The summed E-state index contributed by atoms with van der Waals surface area (Å²) in [7, 11) is 0. The predicted octanol–water partition coefficient (Wildman–Crippen LogP) is 3.23. The van der Waals surface area contributed by atoms with Crippen LogP contribution in [0, 0.1) is 11.3 Å². The highest BCUT2D eigenvalue weighted by molar-refractivity contribution is 5.86. The zero-order valence-corrected chi connectivity index (χ0v) is 9.49. The average molecular weight is 202 g/mol. The smallest absolute Gasteiger partial charge is 0.138 e. The van der Waals surface area contributed by atoms with Gasteiger partial charge in [-0.05, 0) is 24.3 Å². The average Bonchev–Trinajstić information content (AvgIpc) is 2.47. The second-order valence-corrected chi connectivity index (χ2v) is 5.07. The Labute approximate surface area is 91.5 Å². The van der Waals surface area contributed by atoms with Crippen LogP contribution in [0.4, 0.5) is 0 Å². The lowest BCUT2D eigenvalue weighted by Crippen LogP contribution is -2.26. The normalized spacial score (nSPS) is 24.4. The summed E-state index contributed by atoms with van der Waals surface area (Å²) in [6.07, 6.45) is 2.87. The number of carbonyl (C=O) groups excluding carboxylic acids is 1. The molecule has 0 radical (unpaired) electrons. The third-order valence-electron chi connectivity index (χ3n) is 3.78. The van der Waals surface area contributed by atoms with Gasteiger partial charge in [-0.3, -0.25) is 4.79 Å². The van der Waals surface area contributed by atoms with Crippen LogP contribution < -0.4 is 0 Å². The molecule has 1 aliphatic rings. The van der Waals surface area contributed by atoms with Crippen LogP contribution in [0.1, 0.15) is 32.3 Å². The van der Waals surface area contributed by atoms with Crippen LogP contribution in [0.2, 0.25) is 0 Å². The Morgan fingerprint density at radius 3 is 2.47 bits per heavy atom. The molecule has 1 atom stereocenters. The van der Waals surface area contributed by atoms with Gasteiger partial charge in [0.2, 0.25) is 0 Å². The molecule has 2 rings (SSSR count). The summed E-state index contributed by atoms with van der Waals surface area (Å²) in [6.45, 7) is 4.19. The largest absolute Gasteiger partial charge is 0.299 e. The van der Waals surface area contributed by atoms with Crippen molar-refractivity contribution in [2.75, 3.05) is 0 Å². The molecule has 1 aliphatic carbocycles. The van der Waals surface area contributed by atoms with Gasteiger partial charge in [0.05, 0.1) is 0 Å². The van der Waals surface area contributed by atoms with Crippen molar-refractivity contribution < 1.29 is 4.79 Å². The maximum Gasteiger partial charge on any atom is 0.138 e. The molecule has 15 heavy (non-hydrogen) atoms. The third kappa shape index (κ3) is 1.97. The molecule has 0 bridgehead atoms. The van der Waals surface area contributed by atoms with Gasteiger partial charge in [-0.2, -0.15) is 0 Å². The summed E-state index contributed by atoms with van der Waals surface area (Å²) in [4.78, 5) is 11.7.